The smallest absolute Gasteiger partial charge is 0.234 e. The van der Waals surface area contributed by atoms with E-state index in [-0.39, 0.29) is 37.0 Å². The molecule has 162 valence electrons. The molecule has 0 N–H and O–H groups in total. The average molecular weight is 424 g/mol. The summed E-state index contributed by atoms with van der Waals surface area (Å²) < 4.78 is 21.6. The first-order valence-electron chi connectivity index (χ1n) is 10.2. The summed E-state index contributed by atoms with van der Waals surface area (Å²) in [5.41, 5.74) is 1.82. The van der Waals surface area contributed by atoms with Crippen molar-refractivity contribution in [3.05, 3.63) is 47.5 Å². The van der Waals surface area contributed by atoms with Crippen molar-refractivity contribution < 1.29 is 28.5 Å². The Labute approximate surface area is 180 Å². The molecule has 0 aliphatic carbocycles. The first kappa shape index (κ1) is 19.7. The first-order valence-corrected chi connectivity index (χ1v) is 10.2. The molecule has 3 aliphatic heterocycles. The molecule has 0 aromatic heterocycles. The Kier molecular flexibility index (Phi) is 4.94. The van der Waals surface area contributed by atoms with Crippen LogP contribution in [0.3, 0.4) is 0 Å². The quantitative estimate of drug-likeness (QED) is 0.657. The fraction of sp³-hybridized carbons (Fsp3) is 0.391. The van der Waals surface area contributed by atoms with Crippen molar-refractivity contribution in [2.24, 2.45) is 11.8 Å². The number of hydrogen-bond donors (Lipinski definition) is 0. The minimum atomic E-state index is -0.307. The van der Waals surface area contributed by atoms with E-state index in [0.717, 1.165) is 11.1 Å². The number of benzene rings is 2. The third kappa shape index (κ3) is 3.37. The molecule has 3 heterocycles. The minimum absolute atomic E-state index is 0.104. The Balaban J connectivity index is 1.28. The van der Waals surface area contributed by atoms with Gasteiger partial charge < -0.3 is 18.9 Å². The van der Waals surface area contributed by atoms with Crippen LogP contribution in [0.1, 0.15) is 11.1 Å². The summed E-state index contributed by atoms with van der Waals surface area (Å²) in [7, 11) is 3.22. The van der Waals surface area contributed by atoms with Crippen molar-refractivity contribution >= 4 is 11.8 Å². The van der Waals surface area contributed by atoms with Gasteiger partial charge in [-0.1, -0.05) is 18.2 Å². The molecule has 2 fully saturated rings. The predicted octanol–water partition coefficient (Wildman–Crippen LogP) is 2.05. The number of para-hydroxylation sites is 1. The van der Waals surface area contributed by atoms with E-state index < -0.39 is 0 Å². The van der Waals surface area contributed by atoms with Crippen LogP contribution in [0.25, 0.3) is 0 Å². The van der Waals surface area contributed by atoms with Crippen LogP contribution < -0.4 is 18.9 Å². The van der Waals surface area contributed by atoms with E-state index in [2.05, 4.69) is 4.90 Å². The molecule has 5 rings (SSSR count). The van der Waals surface area contributed by atoms with E-state index in [1.165, 1.54) is 4.90 Å². The highest BCUT2D eigenvalue weighted by atomic mass is 16.7. The van der Waals surface area contributed by atoms with Gasteiger partial charge in [-0.25, -0.2) is 0 Å². The molecular weight excluding hydrogens is 400 g/mol. The maximum Gasteiger partial charge on any atom is 0.234 e. The molecule has 0 radical (unpaired) electrons. The number of carbonyl (C=O) groups is 2. The lowest BCUT2D eigenvalue weighted by molar-refractivity contribution is -0.141. The number of hydrogen-bond acceptors (Lipinski definition) is 7. The van der Waals surface area contributed by atoms with Crippen molar-refractivity contribution in [2.75, 3.05) is 34.1 Å². The van der Waals surface area contributed by atoms with Gasteiger partial charge in [0.15, 0.2) is 23.0 Å². The second kappa shape index (κ2) is 7.77. The number of imide groups is 1. The summed E-state index contributed by atoms with van der Waals surface area (Å²) in [4.78, 5) is 29.6. The number of nitrogens with zero attached hydrogens (tertiary/aromatic N) is 2. The second-order valence-corrected chi connectivity index (χ2v) is 8.01. The molecule has 8 nitrogen and oxygen atoms in total. The molecule has 0 unspecified atom stereocenters. The van der Waals surface area contributed by atoms with Crippen LogP contribution >= 0.6 is 0 Å². The van der Waals surface area contributed by atoms with Gasteiger partial charge in [0.25, 0.3) is 0 Å². The summed E-state index contributed by atoms with van der Waals surface area (Å²) in [5.74, 6) is 1.86. The number of carbonyl (C=O) groups excluding carboxylic acids is 2. The van der Waals surface area contributed by atoms with Gasteiger partial charge in [0.2, 0.25) is 18.6 Å². The summed E-state index contributed by atoms with van der Waals surface area (Å²) in [6, 6.07) is 11.2. The Morgan fingerprint density at radius 2 is 1.68 bits per heavy atom. The van der Waals surface area contributed by atoms with Crippen molar-refractivity contribution in [3.63, 3.8) is 0 Å². The highest BCUT2D eigenvalue weighted by molar-refractivity contribution is 6.05. The fourth-order valence-corrected chi connectivity index (χ4v) is 4.72. The Morgan fingerprint density at radius 1 is 0.935 bits per heavy atom. The highest BCUT2D eigenvalue weighted by Crippen LogP contribution is 2.38. The van der Waals surface area contributed by atoms with Gasteiger partial charge in [0, 0.05) is 25.2 Å². The number of rotatable bonds is 6. The lowest BCUT2D eigenvalue weighted by atomic mass is 10.00. The second-order valence-electron chi connectivity index (χ2n) is 8.01. The highest BCUT2D eigenvalue weighted by Gasteiger charge is 2.52. The molecule has 8 heteroatoms. The van der Waals surface area contributed by atoms with Gasteiger partial charge in [0.1, 0.15) is 0 Å². The zero-order valence-electron chi connectivity index (χ0n) is 17.5. The van der Waals surface area contributed by atoms with Crippen LogP contribution in [0, 0.1) is 11.8 Å². The van der Waals surface area contributed by atoms with Crippen LogP contribution in [0.15, 0.2) is 36.4 Å². The molecule has 2 amide bonds. The summed E-state index contributed by atoms with van der Waals surface area (Å²) in [5, 5.41) is 0. The molecule has 2 atom stereocenters. The van der Waals surface area contributed by atoms with Crippen LogP contribution in [0.5, 0.6) is 23.0 Å². The molecular formula is C23H24N2O6. The third-order valence-electron chi connectivity index (χ3n) is 6.22. The zero-order valence-corrected chi connectivity index (χ0v) is 17.5. The van der Waals surface area contributed by atoms with Gasteiger partial charge in [-0.15, -0.1) is 0 Å². The van der Waals surface area contributed by atoms with Crippen molar-refractivity contribution in [2.45, 2.75) is 13.1 Å². The molecule has 3 aliphatic rings. The molecule has 2 aromatic carbocycles. The topological polar surface area (TPSA) is 77.5 Å². The monoisotopic (exact) mass is 424 g/mol. The van der Waals surface area contributed by atoms with E-state index in [9.17, 15) is 9.59 Å². The Bertz CT molecular complexity index is 1010. The standard InChI is InChI=1S/C23H24N2O6/c1-28-19-5-3-4-15(21(19)29-2)10-24-11-16-17(12-24)23(27)25(22(16)26)9-14-6-7-18-20(8-14)31-13-30-18/h3-8,16-17H,9-13H2,1-2H3/t16-,17+. The van der Waals surface area contributed by atoms with Gasteiger partial charge in [-0.2, -0.15) is 0 Å². The van der Waals surface area contributed by atoms with E-state index in [1.54, 1.807) is 14.2 Å². The van der Waals surface area contributed by atoms with Crippen LogP contribution in [0.4, 0.5) is 0 Å². The number of amides is 2. The van der Waals surface area contributed by atoms with Crippen molar-refractivity contribution in [1.82, 2.24) is 9.80 Å². The van der Waals surface area contributed by atoms with Gasteiger partial charge >= 0.3 is 0 Å². The van der Waals surface area contributed by atoms with Crippen molar-refractivity contribution in [1.29, 1.82) is 0 Å². The van der Waals surface area contributed by atoms with Crippen LogP contribution in [-0.2, 0) is 22.7 Å². The maximum absolute atomic E-state index is 13.0. The van der Waals surface area contributed by atoms with Crippen LogP contribution in [0.2, 0.25) is 0 Å². The molecule has 0 saturated carbocycles. The van der Waals surface area contributed by atoms with Gasteiger partial charge in [0.05, 0.1) is 32.6 Å². The normalized spacial score (nSPS) is 22.2. The summed E-state index contributed by atoms with van der Waals surface area (Å²) in [6.07, 6.45) is 0. The van der Waals surface area contributed by atoms with E-state index in [1.807, 2.05) is 36.4 Å². The summed E-state index contributed by atoms with van der Waals surface area (Å²) >= 11 is 0. The third-order valence-corrected chi connectivity index (χ3v) is 6.22. The largest absolute Gasteiger partial charge is 0.493 e. The molecule has 2 saturated heterocycles. The predicted molar refractivity (Wildman–Crippen MR) is 110 cm³/mol. The van der Waals surface area contributed by atoms with E-state index >= 15 is 0 Å². The SMILES string of the molecule is COc1cccc(CN2C[C@@H]3C(=O)N(Cc4ccc5c(c4)OCO5)C(=O)[C@@H]3C2)c1OC. The van der Waals surface area contributed by atoms with Crippen molar-refractivity contribution in [3.8, 4) is 23.0 Å². The number of likely N-dealkylation sites (tertiary alicyclic amines) is 2. The molecule has 31 heavy (non-hydrogen) atoms. The molecule has 0 bridgehead atoms. The lowest BCUT2D eigenvalue weighted by Gasteiger charge is -2.22. The zero-order chi connectivity index (χ0) is 21.5. The van der Waals surface area contributed by atoms with Crippen LogP contribution in [-0.4, -0.2) is 55.7 Å². The van der Waals surface area contributed by atoms with E-state index in [4.69, 9.17) is 18.9 Å². The number of methoxy groups -OCH3 is 2. The number of ether oxygens (including phenoxy) is 4. The summed E-state index contributed by atoms with van der Waals surface area (Å²) in [6.45, 7) is 2.14. The lowest BCUT2D eigenvalue weighted by Crippen LogP contribution is -2.35. The number of fused-ring (bicyclic) bond motifs is 2. The Hall–Kier alpha value is -3.26. The first-order chi connectivity index (χ1) is 15.1. The maximum atomic E-state index is 13.0. The van der Waals surface area contributed by atoms with Gasteiger partial charge in [-0.05, 0) is 23.8 Å². The average Bonchev–Trinajstić information content (AvgIpc) is 3.47. The van der Waals surface area contributed by atoms with Gasteiger partial charge in [-0.3, -0.25) is 19.4 Å². The fourth-order valence-electron chi connectivity index (χ4n) is 4.72. The van der Waals surface area contributed by atoms with E-state index in [0.29, 0.717) is 42.6 Å². The molecule has 2 aromatic rings. The molecule has 0 spiro atoms. The Morgan fingerprint density at radius 3 is 2.39 bits per heavy atom. The minimum Gasteiger partial charge on any atom is -0.493 e.